The molecule has 2 aromatic rings. The van der Waals surface area contributed by atoms with Crippen LogP contribution in [0.4, 0.5) is 8.78 Å². The molecule has 3 N–H and O–H groups in total. The van der Waals surface area contributed by atoms with Gasteiger partial charge in [-0.1, -0.05) is 12.1 Å². The summed E-state index contributed by atoms with van der Waals surface area (Å²) in [5, 5.41) is 16.2. The molecular formula is C21H27F2N3O4. The molecule has 0 aliphatic rings. The monoisotopic (exact) mass is 423 g/mol. The summed E-state index contributed by atoms with van der Waals surface area (Å²) < 4.78 is 41.0. The zero-order valence-electron chi connectivity index (χ0n) is 17.2. The summed E-state index contributed by atoms with van der Waals surface area (Å²) in [6.45, 7) is 1.99. The topological polar surface area (TPSA) is 84.3 Å². The van der Waals surface area contributed by atoms with Crippen LogP contribution in [0.3, 0.4) is 0 Å². The molecule has 9 heteroatoms. The molecule has 0 aliphatic carbocycles. The maximum atomic E-state index is 12.9. The van der Waals surface area contributed by atoms with E-state index in [-0.39, 0.29) is 30.3 Å². The molecule has 0 radical (unpaired) electrons. The van der Waals surface area contributed by atoms with Crippen molar-refractivity contribution in [2.75, 3.05) is 20.3 Å². The van der Waals surface area contributed by atoms with E-state index in [1.165, 1.54) is 6.07 Å². The van der Waals surface area contributed by atoms with Crippen molar-refractivity contribution in [1.82, 2.24) is 10.6 Å². The van der Waals surface area contributed by atoms with Gasteiger partial charge in [-0.3, -0.25) is 0 Å². The highest BCUT2D eigenvalue weighted by molar-refractivity contribution is 5.79. The van der Waals surface area contributed by atoms with Gasteiger partial charge in [-0.25, -0.2) is 4.99 Å². The zero-order valence-corrected chi connectivity index (χ0v) is 17.2. The Kier molecular flexibility index (Phi) is 8.99. The van der Waals surface area contributed by atoms with Crippen LogP contribution in [0.5, 0.6) is 23.0 Å². The quantitative estimate of drug-likeness (QED) is 0.400. The third-order valence-electron chi connectivity index (χ3n) is 4.05. The number of hydrogen-bond donors (Lipinski definition) is 3. The van der Waals surface area contributed by atoms with Gasteiger partial charge in [0.2, 0.25) is 0 Å². The lowest BCUT2D eigenvalue weighted by molar-refractivity contribution is -0.0520. The summed E-state index contributed by atoms with van der Waals surface area (Å²) in [5.74, 6) is 1.40. The van der Waals surface area contributed by atoms with E-state index in [1.807, 2.05) is 6.92 Å². The second-order valence-corrected chi connectivity index (χ2v) is 6.10. The van der Waals surface area contributed by atoms with E-state index in [2.05, 4.69) is 20.4 Å². The van der Waals surface area contributed by atoms with E-state index in [9.17, 15) is 13.9 Å². The minimum atomic E-state index is -2.97. The van der Waals surface area contributed by atoms with Crippen molar-refractivity contribution in [1.29, 1.82) is 0 Å². The SMILES string of the molecule is CCNC(=NCc1cc(OC)ccc1O)NCc1cccc(OCC)c1OC(F)F. The number of ether oxygens (including phenoxy) is 3. The van der Waals surface area contributed by atoms with Crippen molar-refractivity contribution < 1.29 is 28.1 Å². The lowest BCUT2D eigenvalue weighted by atomic mass is 10.2. The number of nitrogens with zero attached hydrogens (tertiary/aromatic N) is 1. The van der Waals surface area contributed by atoms with Gasteiger partial charge in [0.1, 0.15) is 11.5 Å². The van der Waals surface area contributed by atoms with Gasteiger partial charge in [0.25, 0.3) is 0 Å². The fourth-order valence-electron chi connectivity index (χ4n) is 2.69. The Balaban J connectivity index is 2.18. The predicted molar refractivity (Wildman–Crippen MR) is 111 cm³/mol. The molecule has 0 atom stereocenters. The third kappa shape index (κ3) is 6.68. The van der Waals surface area contributed by atoms with Crippen LogP contribution in [0.15, 0.2) is 41.4 Å². The van der Waals surface area contributed by atoms with Crippen LogP contribution in [0.2, 0.25) is 0 Å². The van der Waals surface area contributed by atoms with Gasteiger partial charge in [-0.15, -0.1) is 0 Å². The van der Waals surface area contributed by atoms with Gasteiger partial charge < -0.3 is 30.0 Å². The number of methoxy groups -OCH3 is 1. The van der Waals surface area contributed by atoms with Crippen molar-refractivity contribution in [2.45, 2.75) is 33.5 Å². The normalized spacial score (nSPS) is 11.3. The number of benzene rings is 2. The Morgan fingerprint density at radius 3 is 2.60 bits per heavy atom. The summed E-state index contributed by atoms with van der Waals surface area (Å²) in [5.41, 5.74) is 1.09. The number of guanidine groups is 1. The number of aromatic hydroxyl groups is 1. The standard InChI is InChI=1S/C21H27F2N3O4/c1-4-24-21(26-13-15-11-16(28-3)9-10-17(15)27)25-12-14-7-6-8-18(29-5-2)19(14)30-20(22)23/h6-11,20,27H,4-5,12-13H2,1-3H3,(H2,24,25,26). The first-order chi connectivity index (χ1) is 14.5. The summed E-state index contributed by atoms with van der Waals surface area (Å²) in [7, 11) is 1.54. The number of hydrogen-bond acceptors (Lipinski definition) is 5. The number of aliphatic imine (C=N–C) groups is 1. The van der Waals surface area contributed by atoms with Crippen LogP contribution >= 0.6 is 0 Å². The van der Waals surface area contributed by atoms with E-state index >= 15 is 0 Å². The first-order valence-electron chi connectivity index (χ1n) is 9.56. The summed E-state index contributed by atoms with van der Waals surface area (Å²) in [4.78, 5) is 4.44. The lowest BCUT2D eigenvalue weighted by Gasteiger charge is -2.17. The minimum absolute atomic E-state index is 0.0110. The zero-order chi connectivity index (χ0) is 21.9. The van der Waals surface area contributed by atoms with Gasteiger partial charge in [-0.2, -0.15) is 8.78 Å². The number of halogens is 2. The number of para-hydroxylation sites is 1. The van der Waals surface area contributed by atoms with Crippen LogP contribution in [0.25, 0.3) is 0 Å². The maximum absolute atomic E-state index is 12.9. The molecule has 164 valence electrons. The maximum Gasteiger partial charge on any atom is 0.387 e. The second kappa shape index (κ2) is 11.7. The Morgan fingerprint density at radius 2 is 1.93 bits per heavy atom. The van der Waals surface area contributed by atoms with Crippen molar-refractivity contribution in [3.8, 4) is 23.0 Å². The molecule has 0 heterocycles. The molecule has 0 fully saturated rings. The van der Waals surface area contributed by atoms with Gasteiger partial charge in [0.15, 0.2) is 17.5 Å². The molecule has 7 nitrogen and oxygen atoms in total. The average Bonchev–Trinajstić information content (AvgIpc) is 2.72. The fraction of sp³-hybridized carbons (Fsp3) is 0.381. The van der Waals surface area contributed by atoms with Crippen molar-refractivity contribution in [3.63, 3.8) is 0 Å². The van der Waals surface area contributed by atoms with Crippen molar-refractivity contribution >= 4 is 5.96 Å². The van der Waals surface area contributed by atoms with Crippen LogP contribution in [-0.2, 0) is 13.1 Å². The number of rotatable bonds is 10. The molecule has 2 aromatic carbocycles. The van der Waals surface area contributed by atoms with Gasteiger partial charge in [0, 0.05) is 24.2 Å². The first kappa shape index (κ1) is 23.1. The first-order valence-corrected chi connectivity index (χ1v) is 9.56. The highest BCUT2D eigenvalue weighted by Crippen LogP contribution is 2.32. The fourth-order valence-corrected chi connectivity index (χ4v) is 2.69. The van der Waals surface area contributed by atoms with E-state index in [0.29, 0.717) is 36.0 Å². The summed E-state index contributed by atoms with van der Waals surface area (Å²) >= 11 is 0. The Morgan fingerprint density at radius 1 is 1.13 bits per heavy atom. The van der Waals surface area contributed by atoms with Gasteiger partial charge >= 0.3 is 6.61 Å². The molecule has 0 bridgehead atoms. The predicted octanol–water partition coefficient (Wildman–Crippen LogP) is 3.66. The number of alkyl halides is 2. The molecule has 0 unspecified atom stereocenters. The van der Waals surface area contributed by atoms with E-state index in [0.717, 1.165) is 0 Å². The molecule has 30 heavy (non-hydrogen) atoms. The minimum Gasteiger partial charge on any atom is -0.508 e. The number of phenols is 1. The Hall–Kier alpha value is -3.23. The van der Waals surface area contributed by atoms with Crippen LogP contribution in [0.1, 0.15) is 25.0 Å². The molecule has 0 amide bonds. The smallest absolute Gasteiger partial charge is 0.387 e. The van der Waals surface area contributed by atoms with E-state index in [1.54, 1.807) is 44.4 Å². The van der Waals surface area contributed by atoms with Crippen LogP contribution < -0.4 is 24.8 Å². The molecule has 0 spiro atoms. The molecular weight excluding hydrogens is 396 g/mol. The molecule has 2 rings (SSSR count). The van der Waals surface area contributed by atoms with Crippen LogP contribution in [-0.4, -0.2) is 37.9 Å². The molecule has 0 saturated carbocycles. The molecule has 0 aromatic heterocycles. The summed E-state index contributed by atoms with van der Waals surface area (Å²) in [6, 6.07) is 9.85. The average molecular weight is 423 g/mol. The highest BCUT2D eigenvalue weighted by atomic mass is 19.3. The van der Waals surface area contributed by atoms with E-state index in [4.69, 9.17) is 9.47 Å². The largest absolute Gasteiger partial charge is 0.508 e. The van der Waals surface area contributed by atoms with Crippen molar-refractivity contribution in [2.24, 2.45) is 4.99 Å². The molecule has 0 saturated heterocycles. The number of nitrogens with one attached hydrogen (secondary N) is 2. The molecule has 0 aliphatic heterocycles. The third-order valence-corrected chi connectivity index (χ3v) is 4.05. The van der Waals surface area contributed by atoms with Gasteiger partial charge in [0.05, 0.1) is 20.3 Å². The lowest BCUT2D eigenvalue weighted by Crippen LogP contribution is -2.36. The van der Waals surface area contributed by atoms with Gasteiger partial charge in [-0.05, 0) is 38.1 Å². The van der Waals surface area contributed by atoms with Crippen LogP contribution in [0, 0.1) is 0 Å². The Bertz CT molecular complexity index is 847. The highest BCUT2D eigenvalue weighted by Gasteiger charge is 2.16. The van der Waals surface area contributed by atoms with Crippen molar-refractivity contribution in [3.05, 3.63) is 47.5 Å². The second-order valence-electron chi connectivity index (χ2n) is 6.10. The summed E-state index contributed by atoms with van der Waals surface area (Å²) in [6.07, 6.45) is 0. The van der Waals surface area contributed by atoms with E-state index < -0.39 is 6.61 Å². The number of phenolic OH excluding ortho intramolecular Hbond substituents is 1. The Labute approximate surface area is 174 Å².